The van der Waals surface area contributed by atoms with Crippen molar-refractivity contribution in [2.45, 2.75) is 59.4 Å². The van der Waals surface area contributed by atoms with Gasteiger partial charge < -0.3 is 10.4 Å². The predicted molar refractivity (Wildman–Crippen MR) is 70.1 cm³/mol. The lowest BCUT2D eigenvalue weighted by molar-refractivity contribution is -0.152. The summed E-state index contributed by atoms with van der Waals surface area (Å²) in [5, 5.41) is 12.2. The zero-order valence-corrected chi connectivity index (χ0v) is 12.0. The molecule has 0 aromatic carbocycles. The van der Waals surface area contributed by atoms with Crippen molar-refractivity contribution in [3.05, 3.63) is 0 Å². The topological polar surface area (TPSA) is 66.4 Å². The van der Waals surface area contributed by atoms with Crippen LogP contribution < -0.4 is 5.32 Å². The maximum Gasteiger partial charge on any atom is 0.311 e. The highest BCUT2D eigenvalue weighted by Crippen LogP contribution is 2.34. The summed E-state index contributed by atoms with van der Waals surface area (Å²) in [7, 11) is 0. The molecule has 0 bridgehead atoms. The van der Waals surface area contributed by atoms with E-state index in [1.807, 2.05) is 0 Å². The molecule has 2 atom stereocenters. The second-order valence-electron chi connectivity index (χ2n) is 6.56. The largest absolute Gasteiger partial charge is 0.481 e. The number of aliphatic carboxylic acids is 1. The van der Waals surface area contributed by atoms with Crippen LogP contribution in [0.4, 0.5) is 0 Å². The lowest BCUT2D eigenvalue weighted by atomic mass is 9.74. The van der Waals surface area contributed by atoms with Crippen molar-refractivity contribution in [3.63, 3.8) is 0 Å². The summed E-state index contributed by atoms with van der Waals surface area (Å²) in [5.41, 5.74) is -1.76. The minimum Gasteiger partial charge on any atom is -0.481 e. The van der Waals surface area contributed by atoms with E-state index in [0.717, 1.165) is 19.3 Å². The monoisotopic (exact) mass is 255 g/mol. The van der Waals surface area contributed by atoms with Gasteiger partial charge in [-0.05, 0) is 46.5 Å². The molecule has 1 amide bonds. The Labute approximate surface area is 109 Å². The van der Waals surface area contributed by atoms with Gasteiger partial charge in [0, 0.05) is 11.5 Å². The Morgan fingerprint density at radius 1 is 1.17 bits per heavy atom. The number of nitrogens with one attached hydrogen (secondary N) is 1. The third-order valence-electron chi connectivity index (χ3n) is 4.73. The van der Waals surface area contributed by atoms with Crippen molar-refractivity contribution in [3.8, 4) is 0 Å². The Morgan fingerprint density at radius 2 is 1.72 bits per heavy atom. The number of rotatable bonds is 4. The van der Waals surface area contributed by atoms with E-state index in [2.05, 4.69) is 12.2 Å². The summed E-state index contributed by atoms with van der Waals surface area (Å²) in [6.45, 7) is 8.94. The fourth-order valence-corrected chi connectivity index (χ4v) is 2.36. The van der Waals surface area contributed by atoms with Gasteiger partial charge in [-0.15, -0.1) is 0 Å². The van der Waals surface area contributed by atoms with Gasteiger partial charge in [0.05, 0.1) is 5.41 Å². The first-order valence-corrected chi connectivity index (χ1v) is 6.65. The third kappa shape index (κ3) is 2.68. The van der Waals surface area contributed by atoms with Crippen molar-refractivity contribution >= 4 is 11.9 Å². The Bertz CT molecular complexity index is 347. The maximum absolute atomic E-state index is 12.2. The van der Waals surface area contributed by atoms with Crippen molar-refractivity contribution < 1.29 is 14.7 Å². The normalized spacial score (nSPS) is 24.9. The maximum atomic E-state index is 12.2. The van der Waals surface area contributed by atoms with Gasteiger partial charge in [0.2, 0.25) is 5.91 Å². The van der Waals surface area contributed by atoms with Gasteiger partial charge in [0.1, 0.15) is 0 Å². The molecule has 0 radical (unpaired) electrons. The lowest BCUT2D eigenvalue weighted by Crippen LogP contribution is -2.58. The number of carbonyl (C=O) groups excluding carboxylic acids is 1. The molecule has 1 fully saturated rings. The van der Waals surface area contributed by atoms with Gasteiger partial charge in [0.25, 0.3) is 0 Å². The van der Waals surface area contributed by atoms with Gasteiger partial charge in [-0.1, -0.05) is 13.3 Å². The molecule has 0 heterocycles. The van der Waals surface area contributed by atoms with Crippen molar-refractivity contribution in [2.24, 2.45) is 17.3 Å². The molecule has 104 valence electrons. The lowest BCUT2D eigenvalue weighted by Gasteiger charge is -2.39. The second kappa shape index (κ2) is 4.90. The predicted octanol–water partition coefficient (Wildman–Crippen LogP) is 2.43. The molecule has 4 heteroatoms. The number of carboxylic acids is 1. The van der Waals surface area contributed by atoms with Crippen LogP contribution in [0.5, 0.6) is 0 Å². The van der Waals surface area contributed by atoms with Gasteiger partial charge in [-0.25, -0.2) is 0 Å². The summed E-state index contributed by atoms with van der Waals surface area (Å²) >= 11 is 0. The van der Waals surface area contributed by atoms with Crippen LogP contribution in [0, 0.1) is 17.3 Å². The molecule has 1 aliphatic carbocycles. The molecule has 1 rings (SSSR count). The molecule has 0 aliphatic heterocycles. The van der Waals surface area contributed by atoms with E-state index in [-0.39, 0.29) is 11.8 Å². The first-order chi connectivity index (χ1) is 8.09. The minimum atomic E-state index is -0.996. The van der Waals surface area contributed by atoms with Crippen LogP contribution in [-0.2, 0) is 9.59 Å². The minimum absolute atomic E-state index is 0.000625. The number of hydrogen-bond donors (Lipinski definition) is 2. The molecule has 1 saturated carbocycles. The Balaban J connectivity index is 2.77. The molecular weight excluding hydrogens is 230 g/mol. The summed E-state index contributed by atoms with van der Waals surface area (Å²) in [5.74, 6) is -0.464. The third-order valence-corrected chi connectivity index (χ3v) is 4.73. The van der Waals surface area contributed by atoms with Crippen LogP contribution >= 0.6 is 0 Å². The van der Waals surface area contributed by atoms with Crippen molar-refractivity contribution in [1.82, 2.24) is 5.32 Å². The fraction of sp³-hybridized carbons (Fsp3) is 0.857. The number of hydrogen-bond acceptors (Lipinski definition) is 2. The van der Waals surface area contributed by atoms with Crippen molar-refractivity contribution in [1.29, 1.82) is 0 Å². The average molecular weight is 255 g/mol. The van der Waals surface area contributed by atoms with E-state index in [9.17, 15) is 14.7 Å². The standard InChI is InChI=1S/C14H25NO3/c1-9-7-6-8-10(9)11(16)15-14(4,5)13(2,3)12(17)18/h9-10H,6-8H2,1-5H3,(H,15,16)(H,17,18). The molecule has 0 spiro atoms. The average Bonchev–Trinajstić information content (AvgIpc) is 2.63. The van der Waals surface area contributed by atoms with E-state index in [1.165, 1.54) is 0 Å². The van der Waals surface area contributed by atoms with E-state index in [0.29, 0.717) is 5.92 Å². The Hall–Kier alpha value is -1.06. The fourth-order valence-electron chi connectivity index (χ4n) is 2.36. The molecule has 4 nitrogen and oxygen atoms in total. The van der Waals surface area contributed by atoms with Gasteiger partial charge in [-0.2, -0.15) is 0 Å². The van der Waals surface area contributed by atoms with Gasteiger partial charge in [0.15, 0.2) is 0 Å². The van der Waals surface area contributed by atoms with Crippen LogP contribution in [-0.4, -0.2) is 22.5 Å². The number of carboxylic acid groups (broad SMARTS) is 1. The first-order valence-electron chi connectivity index (χ1n) is 6.65. The van der Waals surface area contributed by atoms with E-state index >= 15 is 0 Å². The molecular formula is C14H25NO3. The zero-order valence-electron chi connectivity index (χ0n) is 12.0. The van der Waals surface area contributed by atoms with Crippen molar-refractivity contribution in [2.75, 3.05) is 0 Å². The molecule has 18 heavy (non-hydrogen) atoms. The zero-order chi connectivity index (χ0) is 14.1. The summed E-state index contributed by atoms with van der Waals surface area (Å²) in [6, 6.07) is 0. The van der Waals surface area contributed by atoms with Crippen LogP contribution in [0.1, 0.15) is 53.9 Å². The van der Waals surface area contributed by atoms with Gasteiger partial charge >= 0.3 is 5.97 Å². The van der Waals surface area contributed by atoms with Crippen LogP contribution in [0.15, 0.2) is 0 Å². The molecule has 0 aromatic rings. The SMILES string of the molecule is CC1CCCC1C(=O)NC(C)(C)C(C)(C)C(=O)O. The Kier molecular flexibility index (Phi) is 4.08. The van der Waals surface area contributed by atoms with E-state index < -0.39 is 16.9 Å². The second-order valence-corrected chi connectivity index (χ2v) is 6.56. The van der Waals surface area contributed by atoms with E-state index in [1.54, 1.807) is 27.7 Å². The molecule has 0 saturated heterocycles. The van der Waals surface area contributed by atoms with Crippen LogP contribution in [0.25, 0.3) is 0 Å². The molecule has 0 aromatic heterocycles. The summed E-state index contributed by atoms with van der Waals surface area (Å²) in [4.78, 5) is 23.5. The highest BCUT2D eigenvalue weighted by Gasteiger charge is 2.45. The molecule has 1 aliphatic rings. The van der Waals surface area contributed by atoms with Crippen LogP contribution in [0.3, 0.4) is 0 Å². The van der Waals surface area contributed by atoms with Crippen LogP contribution in [0.2, 0.25) is 0 Å². The highest BCUT2D eigenvalue weighted by molar-refractivity contribution is 5.82. The molecule has 2 N–H and O–H groups in total. The first kappa shape index (κ1) is 15.0. The number of amides is 1. The summed E-state index contributed by atoms with van der Waals surface area (Å²) in [6.07, 6.45) is 3.08. The quantitative estimate of drug-likeness (QED) is 0.810. The number of carbonyl (C=O) groups is 2. The highest BCUT2D eigenvalue weighted by atomic mass is 16.4. The summed E-state index contributed by atoms with van der Waals surface area (Å²) < 4.78 is 0. The van der Waals surface area contributed by atoms with E-state index in [4.69, 9.17) is 0 Å². The Morgan fingerprint density at radius 3 is 2.11 bits per heavy atom. The smallest absolute Gasteiger partial charge is 0.311 e. The van der Waals surface area contributed by atoms with Gasteiger partial charge in [-0.3, -0.25) is 9.59 Å². The molecule has 2 unspecified atom stereocenters.